The van der Waals surface area contributed by atoms with E-state index in [-0.39, 0.29) is 16.3 Å². The van der Waals surface area contributed by atoms with E-state index in [1.807, 2.05) is 0 Å². The summed E-state index contributed by atoms with van der Waals surface area (Å²) in [5.41, 5.74) is -4.56. The molecule has 0 radical (unpaired) electrons. The molecule has 1 amide bonds. The van der Waals surface area contributed by atoms with Gasteiger partial charge in [-0.15, -0.1) is 0 Å². The van der Waals surface area contributed by atoms with Crippen LogP contribution in [0.4, 0.5) is 18.9 Å². The fourth-order valence-electron chi connectivity index (χ4n) is 1.49. The van der Waals surface area contributed by atoms with E-state index in [1.165, 1.54) is 33.3 Å². The van der Waals surface area contributed by atoms with Gasteiger partial charge in [0.05, 0.1) is 23.4 Å². The summed E-state index contributed by atoms with van der Waals surface area (Å²) in [7, 11) is 0.195. The van der Waals surface area contributed by atoms with Crippen LogP contribution in [0.25, 0.3) is 0 Å². The second kappa shape index (κ2) is 7.41. The highest BCUT2D eigenvalue weighted by atomic mass is 32.2. The number of hydrogen-bond donors (Lipinski definition) is 1. The number of thioether (sulfide) groups is 1. The number of carbonyl (C=O) groups is 1. The first-order chi connectivity index (χ1) is 10.5. The molecule has 0 bridgehead atoms. The van der Waals surface area contributed by atoms with Crippen molar-refractivity contribution in [1.82, 2.24) is 4.31 Å². The lowest BCUT2D eigenvalue weighted by atomic mass is 10.3. The van der Waals surface area contributed by atoms with Gasteiger partial charge in [-0.2, -0.15) is 13.2 Å². The van der Waals surface area contributed by atoms with Crippen molar-refractivity contribution >= 4 is 33.4 Å². The van der Waals surface area contributed by atoms with Crippen molar-refractivity contribution in [1.29, 1.82) is 0 Å². The lowest BCUT2D eigenvalue weighted by Gasteiger charge is -2.15. The quantitative estimate of drug-likeness (QED) is 0.828. The van der Waals surface area contributed by atoms with Gasteiger partial charge in [-0.1, -0.05) is 0 Å². The van der Waals surface area contributed by atoms with Gasteiger partial charge < -0.3 is 10.1 Å². The zero-order valence-electron chi connectivity index (χ0n) is 12.5. The third-order valence-electron chi connectivity index (χ3n) is 2.59. The fraction of sp³-hybridized carbons (Fsp3) is 0.417. The zero-order valence-corrected chi connectivity index (χ0v) is 14.1. The zero-order chi connectivity index (χ0) is 17.8. The molecule has 0 heterocycles. The molecule has 1 N–H and O–H groups in total. The molecule has 1 aromatic rings. The first-order valence-electron chi connectivity index (χ1n) is 6.08. The summed E-state index contributed by atoms with van der Waals surface area (Å²) in [5.74, 6) is -1.64. The fourth-order valence-corrected chi connectivity index (χ4v) is 2.79. The predicted molar refractivity (Wildman–Crippen MR) is 81.0 cm³/mol. The third-order valence-corrected chi connectivity index (χ3v) is 5.14. The lowest BCUT2D eigenvalue weighted by Crippen LogP contribution is -2.23. The maximum Gasteiger partial charge on any atom is 0.442 e. The summed E-state index contributed by atoms with van der Waals surface area (Å²) in [6, 6.07) is 3.71. The van der Waals surface area contributed by atoms with Crippen molar-refractivity contribution in [2.24, 2.45) is 0 Å². The minimum atomic E-state index is -4.53. The Morgan fingerprint density at radius 2 is 1.96 bits per heavy atom. The van der Waals surface area contributed by atoms with E-state index >= 15 is 0 Å². The number of alkyl halides is 3. The van der Waals surface area contributed by atoms with Gasteiger partial charge in [-0.05, 0) is 30.0 Å². The highest BCUT2D eigenvalue weighted by Gasteiger charge is 2.29. The molecule has 130 valence electrons. The number of amides is 1. The molecule has 0 fully saturated rings. The second-order valence-electron chi connectivity index (χ2n) is 4.43. The maximum atomic E-state index is 12.1. The first kappa shape index (κ1) is 19.6. The van der Waals surface area contributed by atoms with E-state index in [9.17, 15) is 26.4 Å². The van der Waals surface area contributed by atoms with Crippen LogP contribution >= 0.6 is 11.8 Å². The molecule has 0 atom stereocenters. The molecule has 23 heavy (non-hydrogen) atoms. The largest absolute Gasteiger partial charge is 0.495 e. The molecule has 0 aromatic heterocycles. The minimum absolute atomic E-state index is 0.0248. The van der Waals surface area contributed by atoms with E-state index in [2.05, 4.69) is 5.32 Å². The van der Waals surface area contributed by atoms with Crippen molar-refractivity contribution in [3.05, 3.63) is 18.2 Å². The van der Waals surface area contributed by atoms with Crippen LogP contribution in [0.5, 0.6) is 5.75 Å². The highest BCUT2D eigenvalue weighted by molar-refractivity contribution is 8.00. The number of nitrogens with zero attached hydrogens (tertiary/aromatic N) is 1. The topological polar surface area (TPSA) is 75.7 Å². The maximum absolute atomic E-state index is 12.1. The standard InChI is InChI=1S/C12H15F3N2O4S2/c1-17(2)23(19,20)8-4-5-10(21-3)9(6-8)16-11(18)7-22-12(13,14)15/h4-6H,7H2,1-3H3,(H,16,18). The summed E-state index contributed by atoms with van der Waals surface area (Å²) in [5, 5.41) is 2.22. The molecule has 0 aliphatic heterocycles. The number of anilines is 1. The molecule has 0 aliphatic carbocycles. The van der Waals surface area contributed by atoms with Crippen LogP contribution in [0.1, 0.15) is 0 Å². The van der Waals surface area contributed by atoms with Gasteiger partial charge in [0.15, 0.2) is 0 Å². The Hall–Kier alpha value is -1.46. The van der Waals surface area contributed by atoms with Crippen molar-refractivity contribution in [3.63, 3.8) is 0 Å². The molecule has 0 aliphatic rings. The van der Waals surface area contributed by atoms with Crippen LogP contribution in [-0.4, -0.2) is 51.1 Å². The van der Waals surface area contributed by atoms with Gasteiger partial charge in [-0.25, -0.2) is 12.7 Å². The highest BCUT2D eigenvalue weighted by Crippen LogP contribution is 2.31. The van der Waals surface area contributed by atoms with Crippen molar-refractivity contribution in [2.45, 2.75) is 10.4 Å². The Morgan fingerprint density at radius 3 is 2.43 bits per heavy atom. The Morgan fingerprint density at radius 1 is 1.35 bits per heavy atom. The number of benzene rings is 1. The van der Waals surface area contributed by atoms with Crippen LogP contribution in [0, 0.1) is 0 Å². The summed E-state index contributed by atoms with van der Waals surface area (Å²) in [6.45, 7) is 0. The predicted octanol–water partition coefficient (Wildman–Crippen LogP) is 2.14. The number of hydrogen-bond acceptors (Lipinski definition) is 5. The summed E-state index contributed by atoms with van der Waals surface area (Å²) >= 11 is -0.490. The number of halogens is 3. The Labute approximate surface area is 136 Å². The second-order valence-corrected chi connectivity index (χ2v) is 7.62. The summed E-state index contributed by atoms with van der Waals surface area (Å²) < 4.78 is 66.3. The van der Waals surface area contributed by atoms with Crippen LogP contribution in [-0.2, 0) is 14.8 Å². The number of rotatable bonds is 6. The molecule has 6 nitrogen and oxygen atoms in total. The number of nitrogens with one attached hydrogen (secondary N) is 1. The van der Waals surface area contributed by atoms with Gasteiger partial charge in [-0.3, -0.25) is 4.79 Å². The molecule has 0 saturated heterocycles. The Bertz CT molecular complexity index is 675. The number of ether oxygens (including phenoxy) is 1. The van der Waals surface area contributed by atoms with E-state index in [4.69, 9.17) is 4.74 Å². The van der Waals surface area contributed by atoms with Gasteiger partial charge in [0.2, 0.25) is 15.9 Å². The van der Waals surface area contributed by atoms with Crippen molar-refractivity contribution < 1.29 is 31.1 Å². The molecule has 0 spiro atoms. The van der Waals surface area contributed by atoms with Gasteiger partial charge in [0.25, 0.3) is 0 Å². The van der Waals surface area contributed by atoms with Crippen molar-refractivity contribution in [2.75, 3.05) is 32.3 Å². The minimum Gasteiger partial charge on any atom is -0.495 e. The van der Waals surface area contributed by atoms with Crippen LogP contribution in [0.15, 0.2) is 23.1 Å². The molecular weight excluding hydrogens is 357 g/mol. The normalized spacial score (nSPS) is 12.3. The average molecular weight is 372 g/mol. The van der Waals surface area contributed by atoms with E-state index in [0.29, 0.717) is 0 Å². The van der Waals surface area contributed by atoms with Crippen LogP contribution in [0.2, 0.25) is 0 Å². The molecular formula is C12H15F3N2O4S2. The third kappa shape index (κ3) is 5.59. The molecule has 0 saturated carbocycles. The number of sulfonamides is 1. The number of methoxy groups -OCH3 is 1. The molecule has 1 rings (SSSR count). The van der Waals surface area contributed by atoms with E-state index in [0.717, 1.165) is 10.4 Å². The first-order valence-corrected chi connectivity index (χ1v) is 8.51. The molecule has 11 heteroatoms. The monoisotopic (exact) mass is 372 g/mol. The average Bonchev–Trinajstić information content (AvgIpc) is 2.44. The summed E-state index contributed by atoms with van der Waals surface area (Å²) in [6.07, 6.45) is 0. The van der Waals surface area contributed by atoms with Crippen LogP contribution < -0.4 is 10.1 Å². The lowest BCUT2D eigenvalue weighted by molar-refractivity contribution is -0.114. The Kier molecular flexibility index (Phi) is 6.31. The van der Waals surface area contributed by atoms with Crippen molar-refractivity contribution in [3.8, 4) is 5.75 Å². The summed E-state index contributed by atoms with van der Waals surface area (Å²) in [4.78, 5) is 11.5. The molecule has 1 aromatic carbocycles. The van der Waals surface area contributed by atoms with Crippen LogP contribution in [0.3, 0.4) is 0 Å². The SMILES string of the molecule is COc1ccc(S(=O)(=O)N(C)C)cc1NC(=O)CSC(F)(F)F. The van der Waals surface area contributed by atoms with Gasteiger partial charge >= 0.3 is 5.51 Å². The van der Waals surface area contributed by atoms with Gasteiger partial charge in [0, 0.05) is 14.1 Å². The number of carbonyl (C=O) groups excluding carboxylic acids is 1. The molecule has 0 unspecified atom stereocenters. The van der Waals surface area contributed by atoms with E-state index < -0.39 is 39.0 Å². The van der Waals surface area contributed by atoms with Gasteiger partial charge in [0.1, 0.15) is 5.75 Å². The Balaban J connectivity index is 3.03. The smallest absolute Gasteiger partial charge is 0.442 e. The van der Waals surface area contributed by atoms with E-state index in [1.54, 1.807) is 0 Å².